The molecule has 2 heterocycles. The lowest BCUT2D eigenvalue weighted by atomic mass is 10.2. The van der Waals surface area contributed by atoms with E-state index in [2.05, 4.69) is 14.9 Å². The first-order valence-electron chi connectivity index (χ1n) is 7.28. The Hall–Kier alpha value is -2.77. The summed E-state index contributed by atoms with van der Waals surface area (Å²) < 4.78 is 14.1. The number of piperazine rings is 1. The van der Waals surface area contributed by atoms with Gasteiger partial charge in [-0.1, -0.05) is 0 Å². The number of nitrogens with zero attached hydrogens (tertiary/aromatic N) is 5. The molecular weight excluding hydrogens is 301 g/mol. The van der Waals surface area contributed by atoms with E-state index in [1.54, 1.807) is 6.20 Å². The summed E-state index contributed by atoms with van der Waals surface area (Å²) in [6.45, 7) is 4.49. The molecule has 0 unspecified atom stereocenters. The van der Waals surface area contributed by atoms with Crippen molar-refractivity contribution in [1.82, 2.24) is 9.97 Å². The van der Waals surface area contributed by atoms with Crippen molar-refractivity contribution in [2.24, 2.45) is 0 Å². The molecular formula is C15H16FN5O2. The number of aryl methyl sites for hydroxylation is 1. The van der Waals surface area contributed by atoms with Crippen LogP contribution in [-0.4, -0.2) is 41.1 Å². The van der Waals surface area contributed by atoms with Crippen LogP contribution >= 0.6 is 0 Å². The molecule has 3 rings (SSSR count). The smallest absolute Gasteiger partial charge is 0.272 e. The maximum atomic E-state index is 14.1. The first-order valence-corrected chi connectivity index (χ1v) is 7.28. The van der Waals surface area contributed by atoms with Gasteiger partial charge in [0.15, 0.2) is 5.82 Å². The third-order valence-corrected chi connectivity index (χ3v) is 3.85. The Labute approximate surface area is 132 Å². The molecule has 0 N–H and O–H groups in total. The molecule has 1 saturated heterocycles. The molecule has 1 aromatic carbocycles. The van der Waals surface area contributed by atoms with Gasteiger partial charge >= 0.3 is 0 Å². The van der Waals surface area contributed by atoms with Crippen LogP contribution in [0.25, 0.3) is 0 Å². The largest absolute Gasteiger partial charge is 0.366 e. The molecule has 23 heavy (non-hydrogen) atoms. The van der Waals surface area contributed by atoms with Crippen molar-refractivity contribution >= 4 is 17.2 Å². The molecule has 0 saturated carbocycles. The molecule has 1 aromatic heterocycles. The molecule has 1 aliphatic heterocycles. The van der Waals surface area contributed by atoms with Gasteiger partial charge in [0.1, 0.15) is 11.6 Å². The van der Waals surface area contributed by atoms with Crippen molar-refractivity contribution < 1.29 is 9.31 Å². The van der Waals surface area contributed by atoms with Gasteiger partial charge in [0.25, 0.3) is 5.69 Å². The summed E-state index contributed by atoms with van der Waals surface area (Å²) in [5.74, 6) is 1.01. The highest BCUT2D eigenvalue weighted by Gasteiger charge is 2.21. The van der Waals surface area contributed by atoms with Crippen molar-refractivity contribution in [3.05, 3.63) is 52.2 Å². The maximum Gasteiger partial charge on any atom is 0.272 e. The molecule has 8 heteroatoms. The topological polar surface area (TPSA) is 75.4 Å². The number of non-ortho nitro benzene ring substituents is 1. The standard InChI is InChI=1S/C15H16FN5O2/c1-11-17-5-4-15(18-11)20-8-6-19(7-9-20)14-3-2-12(21(22)23)10-13(14)16/h2-5,10H,6-9H2,1H3. The van der Waals surface area contributed by atoms with E-state index in [1.165, 1.54) is 12.1 Å². The van der Waals surface area contributed by atoms with E-state index >= 15 is 0 Å². The summed E-state index contributed by atoms with van der Waals surface area (Å²) >= 11 is 0. The summed E-state index contributed by atoms with van der Waals surface area (Å²) in [5, 5.41) is 10.7. The fourth-order valence-electron chi connectivity index (χ4n) is 2.66. The van der Waals surface area contributed by atoms with Crippen molar-refractivity contribution in [1.29, 1.82) is 0 Å². The van der Waals surface area contributed by atoms with Crippen LogP contribution in [0.5, 0.6) is 0 Å². The Balaban J connectivity index is 1.70. The Kier molecular flexibility index (Phi) is 4.05. The van der Waals surface area contributed by atoms with E-state index in [-0.39, 0.29) is 5.69 Å². The number of hydrogen-bond acceptors (Lipinski definition) is 6. The number of aromatic nitrogens is 2. The molecule has 2 aromatic rings. The Morgan fingerprint density at radius 2 is 1.87 bits per heavy atom. The molecule has 1 fully saturated rings. The summed E-state index contributed by atoms with van der Waals surface area (Å²) in [5.41, 5.74) is 0.162. The van der Waals surface area contributed by atoms with Crippen molar-refractivity contribution in [2.45, 2.75) is 6.92 Å². The van der Waals surface area contributed by atoms with Crippen LogP contribution in [0.4, 0.5) is 21.6 Å². The van der Waals surface area contributed by atoms with Gasteiger partial charge in [-0.3, -0.25) is 10.1 Å². The third-order valence-electron chi connectivity index (χ3n) is 3.85. The van der Waals surface area contributed by atoms with E-state index in [9.17, 15) is 14.5 Å². The number of rotatable bonds is 3. The van der Waals surface area contributed by atoms with Gasteiger partial charge in [-0.15, -0.1) is 0 Å². The van der Waals surface area contributed by atoms with Crippen molar-refractivity contribution in [2.75, 3.05) is 36.0 Å². The summed E-state index contributed by atoms with van der Waals surface area (Å²) in [4.78, 5) is 22.6. The number of anilines is 2. The molecule has 0 aliphatic carbocycles. The summed E-state index contributed by atoms with van der Waals surface area (Å²) in [6.07, 6.45) is 1.72. The zero-order valence-electron chi connectivity index (χ0n) is 12.6. The van der Waals surface area contributed by atoms with Gasteiger partial charge in [-0.05, 0) is 19.1 Å². The number of benzene rings is 1. The SMILES string of the molecule is Cc1nccc(N2CCN(c3ccc([N+](=O)[O-])cc3F)CC2)n1. The monoisotopic (exact) mass is 317 g/mol. The lowest BCUT2D eigenvalue weighted by Crippen LogP contribution is -2.47. The van der Waals surface area contributed by atoms with Gasteiger partial charge in [0.05, 0.1) is 16.7 Å². The second-order valence-electron chi connectivity index (χ2n) is 5.33. The van der Waals surface area contributed by atoms with E-state index < -0.39 is 10.7 Å². The Bertz CT molecular complexity index is 732. The predicted octanol–water partition coefficient (Wildman–Crippen LogP) is 2.16. The number of nitro groups is 1. The predicted molar refractivity (Wildman–Crippen MR) is 84.2 cm³/mol. The minimum Gasteiger partial charge on any atom is -0.366 e. The first kappa shape index (κ1) is 15.1. The van der Waals surface area contributed by atoms with Crippen molar-refractivity contribution in [3.63, 3.8) is 0 Å². The summed E-state index contributed by atoms with van der Waals surface area (Å²) in [7, 11) is 0. The quantitative estimate of drug-likeness (QED) is 0.638. The van der Waals surface area contributed by atoms with Gasteiger partial charge in [0, 0.05) is 38.4 Å². The third kappa shape index (κ3) is 3.20. The highest BCUT2D eigenvalue weighted by Crippen LogP contribution is 2.25. The maximum absolute atomic E-state index is 14.1. The van der Waals surface area contributed by atoms with E-state index in [0.717, 1.165) is 11.9 Å². The van der Waals surface area contributed by atoms with Crippen LogP contribution in [-0.2, 0) is 0 Å². The van der Waals surface area contributed by atoms with Gasteiger partial charge < -0.3 is 9.80 Å². The van der Waals surface area contributed by atoms with Crippen LogP contribution in [0.1, 0.15) is 5.82 Å². The highest BCUT2D eigenvalue weighted by atomic mass is 19.1. The number of halogens is 1. The fraction of sp³-hybridized carbons (Fsp3) is 0.333. The average Bonchev–Trinajstić information content (AvgIpc) is 2.55. The van der Waals surface area contributed by atoms with Crippen LogP contribution in [0, 0.1) is 22.9 Å². The van der Waals surface area contributed by atoms with Crippen LogP contribution in [0.2, 0.25) is 0 Å². The van der Waals surface area contributed by atoms with Gasteiger partial charge in [-0.2, -0.15) is 0 Å². The molecule has 0 atom stereocenters. The molecule has 7 nitrogen and oxygen atoms in total. The molecule has 120 valence electrons. The van der Waals surface area contributed by atoms with E-state index in [0.29, 0.717) is 37.7 Å². The molecule has 0 bridgehead atoms. The zero-order chi connectivity index (χ0) is 16.4. The number of nitro benzene ring substituents is 1. The second kappa shape index (κ2) is 6.15. The minimum atomic E-state index is -0.595. The lowest BCUT2D eigenvalue weighted by molar-refractivity contribution is -0.385. The highest BCUT2D eigenvalue weighted by molar-refractivity contribution is 5.54. The molecule has 0 radical (unpaired) electrons. The molecule has 1 aliphatic rings. The fourth-order valence-corrected chi connectivity index (χ4v) is 2.66. The van der Waals surface area contributed by atoms with Gasteiger partial charge in [-0.25, -0.2) is 14.4 Å². The molecule has 0 amide bonds. The van der Waals surface area contributed by atoms with Crippen LogP contribution in [0.3, 0.4) is 0 Å². The minimum absolute atomic E-state index is 0.235. The van der Waals surface area contributed by atoms with Crippen LogP contribution < -0.4 is 9.80 Å². The Morgan fingerprint density at radius 1 is 1.17 bits per heavy atom. The normalized spacial score (nSPS) is 14.9. The zero-order valence-corrected chi connectivity index (χ0v) is 12.6. The van der Waals surface area contributed by atoms with Crippen LogP contribution in [0.15, 0.2) is 30.5 Å². The second-order valence-corrected chi connectivity index (χ2v) is 5.33. The van der Waals surface area contributed by atoms with Crippen molar-refractivity contribution in [3.8, 4) is 0 Å². The molecule has 0 spiro atoms. The number of hydrogen-bond donors (Lipinski definition) is 0. The van der Waals surface area contributed by atoms with E-state index in [4.69, 9.17) is 0 Å². The van der Waals surface area contributed by atoms with E-state index in [1.807, 2.05) is 17.9 Å². The average molecular weight is 317 g/mol. The summed E-state index contributed by atoms with van der Waals surface area (Å²) in [6, 6.07) is 5.63. The Morgan fingerprint density at radius 3 is 2.48 bits per heavy atom. The van der Waals surface area contributed by atoms with Gasteiger partial charge in [0.2, 0.25) is 0 Å². The lowest BCUT2D eigenvalue weighted by Gasteiger charge is -2.36. The first-order chi connectivity index (χ1) is 11.0.